The minimum absolute atomic E-state index is 0.0181. The van der Waals surface area contributed by atoms with Crippen LogP contribution in [-0.4, -0.2) is 43.7 Å². The average molecular weight is 321 g/mol. The van der Waals surface area contributed by atoms with E-state index in [0.29, 0.717) is 0 Å². The van der Waals surface area contributed by atoms with Gasteiger partial charge in [0.2, 0.25) is 0 Å². The normalized spacial score (nSPS) is 10.8. The first-order chi connectivity index (χ1) is 7.12. The lowest BCUT2D eigenvalue weighted by Gasteiger charge is -1.95. The van der Waals surface area contributed by atoms with Crippen molar-refractivity contribution in [2.45, 2.75) is 0 Å². The molecular weight excluding hydrogens is 305 g/mol. The first-order valence-electron chi connectivity index (χ1n) is 3.67. The molecule has 0 atom stereocenters. The van der Waals surface area contributed by atoms with Gasteiger partial charge in [0.1, 0.15) is 0 Å². The second-order valence-electron chi connectivity index (χ2n) is 2.15. The van der Waals surface area contributed by atoms with E-state index >= 15 is 0 Å². The van der Waals surface area contributed by atoms with Crippen molar-refractivity contribution in [3.05, 3.63) is 0 Å². The van der Waals surface area contributed by atoms with Gasteiger partial charge in [-0.15, -0.1) is 23.2 Å². The summed E-state index contributed by atoms with van der Waals surface area (Å²) < 4.78 is 19.7. The highest BCUT2D eigenvalue weighted by Gasteiger charge is 2.09. The number of hydrogen-bond donors (Lipinski definition) is 6. The molecule has 102 valence electrons. The minimum Gasteiger partial charge on any atom is -0.324 e. The molecule has 16 heavy (non-hydrogen) atoms. The zero-order chi connectivity index (χ0) is 13.8. The molecule has 0 rings (SSSR count). The van der Waals surface area contributed by atoms with Gasteiger partial charge in [-0.2, -0.15) is 0 Å². The Morgan fingerprint density at radius 1 is 0.812 bits per heavy atom. The van der Waals surface area contributed by atoms with Gasteiger partial charge in [0, 0.05) is 11.8 Å². The predicted octanol–water partition coefficient (Wildman–Crippen LogP) is -0.375. The van der Waals surface area contributed by atoms with E-state index in [0.717, 1.165) is 0 Å². The van der Waals surface area contributed by atoms with Crippen molar-refractivity contribution in [1.82, 2.24) is 0 Å². The number of nitrogens with two attached hydrogens (primary N) is 2. The molecule has 0 fully saturated rings. The number of rotatable bonds is 4. The molecule has 0 spiro atoms. The maximum Gasteiger partial charge on any atom is 0.326 e. The van der Waals surface area contributed by atoms with E-state index in [1.807, 2.05) is 0 Å². The van der Waals surface area contributed by atoms with E-state index in [1.165, 1.54) is 0 Å². The molecule has 8 nitrogen and oxygen atoms in total. The molecule has 0 aromatic carbocycles. The predicted molar refractivity (Wildman–Crippen MR) is 63.6 cm³/mol. The maximum atomic E-state index is 9.84. The zero-order valence-electron chi connectivity index (χ0n) is 8.24. The van der Waals surface area contributed by atoms with E-state index in [1.54, 1.807) is 0 Å². The molecule has 0 radical (unpaired) electrons. The van der Waals surface area contributed by atoms with Crippen molar-refractivity contribution >= 4 is 38.4 Å². The summed E-state index contributed by atoms with van der Waals surface area (Å²) in [7, 11) is -7.60. The van der Waals surface area contributed by atoms with Crippen LogP contribution in [0, 0.1) is 0 Å². The monoisotopic (exact) mass is 320 g/mol. The largest absolute Gasteiger partial charge is 0.326 e. The van der Waals surface area contributed by atoms with Gasteiger partial charge in [-0.1, -0.05) is 0 Å². The molecule has 0 aromatic rings. The van der Waals surface area contributed by atoms with E-state index in [-0.39, 0.29) is 24.1 Å². The minimum atomic E-state index is -3.80. The molecule has 0 unspecified atom stereocenters. The fraction of sp³-hybridized carbons (Fsp3) is 1.00. The number of hydrogen-bond acceptors (Lipinski definition) is 4. The van der Waals surface area contributed by atoms with E-state index in [2.05, 4.69) is 11.7 Å². The van der Waals surface area contributed by atoms with Crippen molar-refractivity contribution in [2.24, 2.45) is 11.7 Å². The Morgan fingerprint density at radius 3 is 1.00 bits per heavy atom. The molecule has 0 amide bonds. The molecule has 0 bridgehead atoms. The average Bonchev–Trinajstić information content (AvgIpc) is 2.04. The third-order valence-corrected chi connectivity index (χ3v) is 3.27. The Bertz CT molecular complexity index is 207. The fourth-order valence-electron chi connectivity index (χ4n) is 0.220. The summed E-state index contributed by atoms with van der Waals surface area (Å²) in [5.41, 5.74) is 0. The van der Waals surface area contributed by atoms with Crippen LogP contribution in [0.1, 0.15) is 0 Å². The SMILES string of the molecule is NN.O=P(O)(O)CCCl.O=P(O)(O)CCCl. The third-order valence-electron chi connectivity index (χ3n) is 0.752. The second kappa shape index (κ2) is 12.3. The van der Waals surface area contributed by atoms with Gasteiger partial charge in [-0.25, -0.2) is 0 Å². The molecule has 0 aliphatic heterocycles. The van der Waals surface area contributed by atoms with Crippen molar-refractivity contribution in [3.63, 3.8) is 0 Å². The van der Waals surface area contributed by atoms with Crippen LogP contribution >= 0.6 is 38.4 Å². The van der Waals surface area contributed by atoms with Gasteiger partial charge in [0.15, 0.2) is 0 Å². The van der Waals surface area contributed by atoms with Crippen molar-refractivity contribution in [3.8, 4) is 0 Å². The lowest BCUT2D eigenvalue weighted by Crippen LogP contribution is -2.02. The standard InChI is InChI=1S/2C2H6ClO3P.H4N2/c2*3-1-2-7(4,5)6;1-2/h2*1-2H2,(H2,4,5,6);1-2H2. The Hall–Kier alpha value is 0.800. The maximum absolute atomic E-state index is 9.84. The Balaban J connectivity index is -0.000000183. The molecular formula is C4H16Cl2N2O6P2. The Morgan fingerprint density at radius 2 is 1.00 bits per heavy atom. The Labute approximate surface area is 103 Å². The van der Waals surface area contributed by atoms with Crippen molar-refractivity contribution in [1.29, 1.82) is 0 Å². The summed E-state index contributed by atoms with van der Waals surface area (Å²) in [5, 5.41) is 0. The van der Waals surface area contributed by atoms with Crippen LogP contribution in [0.3, 0.4) is 0 Å². The summed E-state index contributed by atoms with van der Waals surface area (Å²) >= 11 is 9.99. The number of hydrazine groups is 1. The molecule has 0 saturated heterocycles. The van der Waals surface area contributed by atoms with Gasteiger partial charge in [-0.3, -0.25) is 20.8 Å². The zero-order valence-corrected chi connectivity index (χ0v) is 11.5. The molecule has 12 heteroatoms. The lowest BCUT2D eigenvalue weighted by molar-refractivity contribution is 0.373. The molecule has 0 saturated carbocycles. The summed E-state index contributed by atoms with van der Waals surface area (Å²) in [6.45, 7) is 0. The highest BCUT2D eigenvalue weighted by atomic mass is 35.5. The lowest BCUT2D eigenvalue weighted by atomic mass is 11.0. The first-order valence-corrected chi connectivity index (χ1v) is 8.33. The molecule has 0 aromatic heterocycles. The van der Waals surface area contributed by atoms with Crippen LogP contribution in [0.4, 0.5) is 0 Å². The highest BCUT2D eigenvalue weighted by molar-refractivity contribution is 7.52. The summed E-state index contributed by atoms with van der Waals surface area (Å²) in [5.74, 6) is 8.04. The van der Waals surface area contributed by atoms with Crippen LogP contribution < -0.4 is 11.7 Å². The van der Waals surface area contributed by atoms with Gasteiger partial charge >= 0.3 is 15.2 Å². The number of halogens is 2. The Kier molecular flexibility index (Phi) is 16.9. The third kappa shape index (κ3) is 36.4. The fourth-order valence-corrected chi connectivity index (χ4v) is 1.98. The van der Waals surface area contributed by atoms with E-state index in [9.17, 15) is 9.13 Å². The quantitative estimate of drug-likeness (QED) is 0.176. The highest BCUT2D eigenvalue weighted by Crippen LogP contribution is 2.33. The van der Waals surface area contributed by atoms with E-state index in [4.69, 9.17) is 42.8 Å². The van der Waals surface area contributed by atoms with E-state index < -0.39 is 15.2 Å². The summed E-state index contributed by atoms with van der Waals surface area (Å²) in [4.78, 5) is 32.2. The summed E-state index contributed by atoms with van der Waals surface area (Å²) in [6, 6.07) is 0. The van der Waals surface area contributed by atoms with Crippen LogP contribution in [0.5, 0.6) is 0 Å². The van der Waals surface area contributed by atoms with Gasteiger partial charge in [-0.05, 0) is 0 Å². The van der Waals surface area contributed by atoms with Crippen molar-refractivity contribution in [2.75, 3.05) is 24.1 Å². The van der Waals surface area contributed by atoms with Gasteiger partial charge in [0.25, 0.3) is 0 Å². The second-order valence-corrected chi connectivity index (χ2v) is 6.46. The molecule has 0 heterocycles. The summed E-state index contributed by atoms with van der Waals surface area (Å²) in [6.07, 6.45) is -0.455. The molecule has 0 aliphatic rings. The van der Waals surface area contributed by atoms with Gasteiger partial charge in [0.05, 0.1) is 12.3 Å². The van der Waals surface area contributed by atoms with Crippen LogP contribution in [0.2, 0.25) is 0 Å². The smallest absolute Gasteiger partial charge is 0.324 e. The topological polar surface area (TPSA) is 167 Å². The van der Waals surface area contributed by atoms with Crippen LogP contribution in [0.15, 0.2) is 0 Å². The molecule has 8 N–H and O–H groups in total. The number of alkyl halides is 2. The van der Waals surface area contributed by atoms with Crippen LogP contribution in [-0.2, 0) is 9.13 Å². The van der Waals surface area contributed by atoms with Crippen LogP contribution in [0.25, 0.3) is 0 Å². The van der Waals surface area contributed by atoms with Gasteiger partial charge < -0.3 is 19.6 Å². The van der Waals surface area contributed by atoms with Crippen molar-refractivity contribution < 1.29 is 28.7 Å². The molecule has 0 aliphatic carbocycles. The first kappa shape index (κ1) is 22.0.